The minimum atomic E-state index is -1.05. The maximum atomic E-state index is 10.7. The summed E-state index contributed by atoms with van der Waals surface area (Å²) in [6.45, 7) is 4.22. The minimum absolute atomic E-state index is 0.475. The Morgan fingerprint density at radius 2 is 1.95 bits per heavy atom. The number of aryl methyl sites for hydroxylation is 1. The van der Waals surface area contributed by atoms with Crippen molar-refractivity contribution in [3.05, 3.63) is 35.6 Å². The summed E-state index contributed by atoms with van der Waals surface area (Å²) in [5.74, 6) is 1.10. The summed E-state index contributed by atoms with van der Waals surface area (Å²) < 4.78 is 5.72. The number of rotatable bonds is 2. The highest BCUT2D eigenvalue weighted by Gasteiger charge is 2.40. The average Bonchev–Trinajstić information content (AvgIpc) is 2.84. The predicted molar refractivity (Wildman–Crippen MR) is 78.5 cm³/mol. The normalized spacial score (nSPS) is 28.7. The molecule has 1 aromatic heterocycles. The highest BCUT2D eigenvalue weighted by Crippen LogP contribution is 2.41. The lowest BCUT2D eigenvalue weighted by molar-refractivity contribution is -0.112. The van der Waals surface area contributed by atoms with Crippen LogP contribution in [0.1, 0.15) is 50.0 Å². The van der Waals surface area contributed by atoms with E-state index in [0.717, 1.165) is 29.4 Å². The van der Waals surface area contributed by atoms with Crippen molar-refractivity contribution in [2.45, 2.75) is 51.2 Å². The van der Waals surface area contributed by atoms with Gasteiger partial charge in [-0.1, -0.05) is 18.6 Å². The summed E-state index contributed by atoms with van der Waals surface area (Å²) in [5, 5.41) is 22.2. The summed E-state index contributed by atoms with van der Waals surface area (Å²) in [4.78, 5) is 0. The maximum Gasteiger partial charge on any atom is 0.140 e. The van der Waals surface area contributed by atoms with E-state index in [1.165, 1.54) is 0 Å². The molecule has 2 aromatic rings. The highest BCUT2D eigenvalue weighted by molar-refractivity contribution is 5.78. The van der Waals surface area contributed by atoms with Gasteiger partial charge in [0.05, 0.1) is 5.60 Å². The van der Waals surface area contributed by atoms with Crippen LogP contribution in [0.4, 0.5) is 0 Å². The van der Waals surface area contributed by atoms with Gasteiger partial charge < -0.3 is 14.6 Å². The molecule has 0 saturated heterocycles. The van der Waals surface area contributed by atoms with Crippen LogP contribution in [0.5, 0.6) is 0 Å². The van der Waals surface area contributed by atoms with Gasteiger partial charge in [-0.05, 0) is 56.7 Å². The molecule has 1 atom stereocenters. The lowest BCUT2D eigenvalue weighted by Gasteiger charge is -2.37. The number of aliphatic hydroxyl groups is 2. The second-order valence-corrected chi connectivity index (χ2v) is 6.38. The van der Waals surface area contributed by atoms with Gasteiger partial charge in [0, 0.05) is 5.39 Å². The molecule has 0 radical (unpaired) electrons. The van der Waals surface area contributed by atoms with E-state index in [2.05, 4.69) is 6.92 Å². The van der Waals surface area contributed by atoms with Gasteiger partial charge in [-0.2, -0.15) is 0 Å². The monoisotopic (exact) mass is 274 g/mol. The molecule has 1 saturated carbocycles. The Balaban J connectivity index is 1.90. The molecule has 3 heteroatoms. The molecule has 3 rings (SSSR count). The van der Waals surface area contributed by atoms with Gasteiger partial charge in [-0.15, -0.1) is 0 Å². The smallest absolute Gasteiger partial charge is 0.140 e. The Morgan fingerprint density at radius 1 is 1.25 bits per heavy atom. The van der Waals surface area contributed by atoms with Crippen molar-refractivity contribution in [1.82, 2.24) is 0 Å². The number of fused-ring (bicyclic) bond motifs is 1. The quantitative estimate of drug-likeness (QED) is 0.877. The third-order valence-electron chi connectivity index (χ3n) is 4.61. The first-order valence-corrected chi connectivity index (χ1v) is 7.38. The van der Waals surface area contributed by atoms with Crippen LogP contribution in [0.15, 0.2) is 28.7 Å². The summed E-state index contributed by atoms with van der Waals surface area (Å²) in [6, 6.07) is 7.78. The average molecular weight is 274 g/mol. The SMILES string of the molecule is Cc1ccc2oc(C(O)C3(O)CCC(C)CC3)cc2c1. The van der Waals surface area contributed by atoms with E-state index in [9.17, 15) is 10.2 Å². The highest BCUT2D eigenvalue weighted by atomic mass is 16.4. The number of aliphatic hydroxyl groups excluding tert-OH is 1. The van der Waals surface area contributed by atoms with Gasteiger partial charge in [0.2, 0.25) is 0 Å². The van der Waals surface area contributed by atoms with Crippen LogP contribution in [0.3, 0.4) is 0 Å². The molecule has 1 aromatic carbocycles. The molecule has 108 valence electrons. The summed E-state index contributed by atoms with van der Waals surface area (Å²) in [7, 11) is 0. The summed E-state index contributed by atoms with van der Waals surface area (Å²) in [5.41, 5.74) is 0.872. The molecule has 1 aliphatic carbocycles. The maximum absolute atomic E-state index is 10.7. The number of benzene rings is 1. The third kappa shape index (κ3) is 2.36. The van der Waals surface area contributed by atoms with Crippen molar-refractivity contribution in [2.24, 2.45) is 5.92 Å². The fourth-order valence-electron chi connectivity index (χ4n) is 3.12. The van der Waals surface area contributed by atoms with Gasteiger partial charge in [-0.25, -0.2) is 0 Å². The van der Waals surface area contributed by atoms with Crippen molar-refractivity contribution in [3.63, 3.8) is 0 Å². The molecular formula is C17H22O3. The van der Waals surface area contributed by atoms with Crippen molar-refractivity contribution in [2.75, 3.05) is 0 Å². The van der Waals surface area contributed by atoms with E-state index in [4.69, 9.17) is 4.42 Å². The van der Waals surface area contributed by atoms with E-state index in [0.29, 0.717) is 24.5 Å². The predicted octanol–water partition coefficient (Wildman–Crippen LogP) is 3.72. The Morgan fingerprint density at radius 3 is 2.65 bits per heavy atom. The first kappa shape index (κ1) is 13.7. The lowest BCUT2D eigenvalue weighted by Crippen LogP contribution is -2.39. The number of hydrogen-bond acceptors (Lipinski definition) is 3. The molecule has 20 heavy (non-hydrogen) atoms. The van der Waals surface area contributed by atoms with Crippen LogP contribution >= 0.6 is 0 Å². The zero-order chi connectivity index (χ0) is 14.3. The molecule has 0 aliphatic heterocycles. The van der Waals surface area contributed by atoms with E-state index >= 15 is 0 Å². The molecule has 1 heterocycles. The zero-order valence-electron chi connectivity index (χ0n) is 12.1. The van der Waals surface area contributed by atoms with E-state index in [1.807, 2.05) is 31.2 Å². The van der Waals surface area contributed by atoms with E-state index in [-0.39, 0.29) is 0 Å². The van der Waals surface area contributed by atoms with Crippen LogP contribution in [0.2, 0.25) is 0 Å². The fraction of sp³-hybridized carbons (Fsp3) is 0.529. The van der Waals surface area contributed by atoms with Gasteiger partial charge >= 0.3 is 0 Å². The first-order valence-electron chi connectivity index (χ1n) is 7.38. The van der Waals surface area contributed by atoms with Crippen LogP contribution < -0.4 is 0 Å². The third-order valence-corrected chi connectivity index (χ3v) is 4.61. The standard InChI is InChI=1S/C17H22O3/c1-11-5-7-17(19,8-6-11)16(18)15-10-13-9-12(2)3-4-14(13)20-15/h3-4,9-11,16,18-19H,5-8H2,1-2H3. The zero-order valence-corrected chi connectivity index (χ0v) is 12.1. The molecule has 2 N–H and O–H groups in total. The molecule has 0 spiro atoms. The molecule has 1 fully saturated rings. The molecule has 1 unspecified atom stereocenters. The lowest BCUT2D eigenvalue weighted by atomic mass is 9.76. The molecule has 0 amide bonds. The van der Waals surface area contributed by atoms with Crippen molar-refractivity contribution in [3.8, 4) is 0 Å². The number of furan rings is 1. The van der Waals surface area contributed by atoms with Gasteiger partial charge in [-0.3, -0.25) is 0 Å². The first-order chi connectivity index (χ1) is 9.48. The Bertz CT molecular complexity index is 606. The van der Waals surface area contributed by atoms with E-state index < -0.39 is 11.7 Å². The largest absolute Gasteiger partial charge is 0.458 e. The second-order valence-electron chi connectivity index (χ2n) is 6.38. The van der Waals surface area contributed by atoms with Crippen LogP contribution in [0, 0.1) is 12.8 Å². The van der Waals surface area contributed by atoms with Gasteiger partial charge in [0.1, 0.15) is 17.4 Å². The minimum Gasteiger partial charge on any atom is -0.458 e. The molecular weight excluding hydrogens is 252 g/mol. The summed E-state index contributed by atoms with van der Waals surface area (Å²) >= 11 is 0. The topological polar surface area (TPSA) is 53.6 Å². The molecule has 3 nitrogen and oxygen atoms in total. The van der Waals surface area contributed by atoms with Crippen LogP contribution in [-0.4, -0.2) is 15.8 Å². The Labute approximate surface area is 119 Å². The van der Waals surface area contributed by atoms with Crippen LogP contribution in [0.25, 0.3) is 11.0 Å². The fourth-order valence-corrected chi connectivity index (χ4v) is 3.12. The van der Waals surface area contributed by atoms with E-state index in [1.54, 1.807) is 0 Å². The number of hydrogen-bond donors (Lipinski definition) is 2. The van der Waals surface area contributed by atoms with Crippen LogP contribution in [-0.2, 0) is 0 Å². The molecule has 0 bridgehead atoms. The second kappa shape index (κ2) is 4.90. The van der Waals surface area contributed by atoms with Gasteiger partial charge in [0.25, 0.3) is 0 Å². The van der Waals surface area contributed by atoms with Gasteiger partial charge in [0.15, 0.2) is 0 Å². The Kier molecular flexibility index (Phi) is 3.35. The van der Waals surface area contributed by atoms with Crippen molar-refractivity contribution < 1.29 is 14.6 Å². The van der Waals surface area contributed by atoms with Crippen molar-refractivity contribution in [1.29, 1.82) is 0 Å². The molecule has 1 aliphatic rings. The van der Waals surface area contributed by atoms with Crippen molar-refractivity contribution >= 4 is 11.0 Å². The summed E-state index contributed by atoms with van der Waals surface area (Å²) in [6.07, 6.45) is 2.22. The Hall–Kier alpha value is -1.32.